The van der Waals surface area contributed by atoms with Crippen molar-refractivity contribution in [2.75, 3.05) is 13.7 Å². The number of methoxy groups -OCH3 is 1. The second-order valence-electron chi connectivity index (χ2n) is 8.07. The Kier molecular flexibility index (Phi) is 6.52. The first-order chi connectivity index (χ1) is 17.2. The summed E-state index contributed by atoms with van der Waals surface area (Å²) in [5, 5.41) is 0.862. The quantitative estimate of drug-likeness (QED) is 0.328. The van der Waals surface area contributed by atoms with Gasteiger partial charge in [-0.3, -0.25) is 9.98 Å². The fourth-order valence-electron chi connectivity index (χ4n) is 3.85. The van der Waals surface area contributed by atoms with Gasteiger partial charge in [-0.15, -0.1) is 0 Å². The van der Waals surface area contributed by atoms with Crippen LogP contribution in [-0.2, 0) is 6.61 Å². The fourth-order valence-corrected chi connectivity index (χ4v) is 3.85. The standard InChI is InChI=1S/C29H24FN3O2/c1-34-29-16-26(35-19-25-4-2-3-13-31-25)11-8-21(29)7-10-24-14-20(17-32-24)5-6-22-18-33-28-12-9-23(30)15-27(22)28/h2-16,18,33H,17,19H2,1H3/b6-5+,10-7+. The van der Waals surface area contributed by atoms with Crippen LogP contribution in [-0.4, -0.2) is 29.3 Å². The molecule has 6 heteroatoms. The molecule has 174 valence electrons. The number of aromatic amines is 1. The van der Waals surface area contributed by atoms with Crippen molar-refractivity contribution in [1.29, 1.82) is 0 Å². The molecule has 3 heterocycles. The summed E-state index contributed by atoms with van der Waals surface area (Å²) >= 11 is 0. The molecule has 0 unspecified atom stereocenters. The van der Waals surface area contributed by atoms with E-state index >= 15 is 0 Å². The Bertz CT molecular complexity index is 1470. The molecule has 1 N–H and O–H groups in total. The van der Waals surface area contributed by atoms with Crippen LogP contribution in [0.25, 0.3) is 23.1 Å². The average Bonchev–Trinajstić information content (AvgIpc) is 3.52. The predicted octanol–water partition coefficient (Wildman–Crippen LogP) is 6.40. The van der Waals surface area contributed by atoms with Crippen molar-refractivity contribution >= 4 is 28.8 Å². The highest BCUT2D eigenvalue weighted by molar-refractivity contribution is 6.08. The molecule has 0 aliphatic carbocycles. The summed E-state index contributed by atoms with van der Waals surface area (Å²) < 4.78 is 25.0. The summed E-state index contributed by atoms with van der Waals surface area (Å²) in [4.78, 5) is 12.0. The number of fused-ring (bicyclic) bond motifs is 1. The third-order valence-corrected chi connectivity index (χ3v) is 5.68. The number of hydrogen-bond acceptors (Lipinski definition) is 4. The van der Waals surface area contributed by atoms with Gasteiger partial charge in [0.2, 0.25) is 0 Å². The summed E-state index contributed by atoms with van der Waals surface area (Å²) in [6.07, 6.45) is 13.6. The van der Waals surface area contributed by atoms with Gasteiger partial charge in [0, 0.05) is 34.9 Å². The van der Waals surface area contributed by atoms with E-state index in [0.29, 0.717) is 24.7 Å². The van der Waals surface area contributed by atoms with Crippen molar-refractivity contribution in [1.82, 2.24) is 9.97 Å². The number of allylic oxidation sites excluding steroid dienone is 2. The van der Waals surface area contributed by atoms with Gasteiger partial charge in [0.1, 0.15) is 23.9 Å². The molecule has 2 aromatic heterocycles. The SMILES string of the molecule is COc1cc(OCc2ccccn2)ccc1/C=C/C1=NCC(/C=C/c2c[nH]c3ccc(F)cc23)=C1. The summed E-state index contributed by atoms with van der Waals surface area (Å²) in [6, 6.07) is 16.2. The van der Waals surface area contributed by atoms with Crippen molar-refractivity contribution in [3.8, 4) is 11.5 Å². The first-order valence-electron chi connectivity index (χ1n) is 11.3. The van der Waals surface area contributed by atoms with Gasteiger partial charge >= 0.3 is 0 Å². The summed E-state index contributed by atoms with van der Waals surface area (Å²) in [6.45, 7) is 0.995. The van der Waals surface area contributed by atoms with E-state index in [1.807, 2.05) is 73.0 Å². The van der Waals surface area contributed by atoms with Crippen molar-refractivity contribution in [2.45, 2.75) is 6.61 Å². The van der Waals surface area contributed by atoms with E-state index in [0.717, 1.165) is 39.0 Å². The maximum absolute atomic E-state index is 13.6. The largest absolute Gasteiger partial charge is 0.496 e. The van der Waals surface area contributed by atoms with Crippen molar-refractivity contribution in [2.24, 2.45) is 4.99 Å². The molecule has 0 spiro atoms. The normalized spacial score (nSPS) is 13.5. The van der Waals surface area contributed by atoms with Crippen LogP contribution in [0.5, 0.6) is 11.5 Å². The minimum absolute atomic E-state index is 0.245. The second kappa shape index (κ2) is 10.2. The lowest BCUT2D eigenvalue weighted by Crippen LogP contribution is -1.98. The van der Waals surface area contributed by atoms with Gasteiger partial charge < -0.3 is 14.5 Å². The molecular weight excluding hydrogens is 441 g/mol. The zero-order valence-corrected chi connectivity index (χ0v) is 19.2. The average molecular weight is 466 g/mol. The maximum Gasteiger partial charge on any atom is 0.130 e. The molecule has 1 aliphatic heterocycles. The second-order valence-corrected chi connectivity index (χ2v) is 8.07. The Morgan fingerprint density at radius 2 is 1.91 bits per heavy atom. The van der Waals surface area contributed by atoms with E-state index in [2.05, 4.69) is 15.0 Å². The molecule has 0 radical (unpaired) electrons. The molecule has 0 atom stereocenters. The molecule has 0 fully saturated rings. The summed E-state index contributed by atoms with van der Waals surface area (Å²) in [5.74, 6) is 1.19. The van der Waals surface area contributed by atoms with Crippen LogP contribution >= 0.6 is 0 Å². The highest BCUT2D eigenvalue weighted by Gasteiger charge is 2.07. The number of aromatic nitrogens is 2. The Morgan fingerprint density at radius 3 is 2.77 bits per heavy atom. The molecule has 4 aromatic rings. The Morgan fingerprint density at radius 1 is 1.00 bits per heavy atom. The zero-order chi connectivity index (χ0) is 24.0. The molecule has 5 nitrogen and oxygen atoms in total. The number of pyridine rings is 1. The highest BCUT2D eigenvalue weighted by atomic mass is 19.1. The van der Waals surface area contributed by atoms with Crippen LogP contribution < -0.4 is 9.47 Å². The third kappa shape index (κ3) is 5.38. The van der Waals surface area contributed by atoms with Gasteiger partial charge in [-0.2, -0.15) is 0 Å². The van der Waals surface area contributed by atoms with Crippen molar-refractivity contribution in [3.63, 3.8) is 0 Å². The number of halogens is 1. The van der Waals surface area contributed by atoms with Crippen LogP contribution in [0.4, 0.5) is 4.39 Å². The zero-order valence-electron chi connectivity index (χ0n) is 19.2. The summed E-state index contributed by atoms with van der Waals surface area (Å²) in [7, 11) is 1.64. The lowest BCUT2D eigenvalue weighted by molar-refractivity contribution is 0.299. The lowest BCUT2D eigenvalue weighted by Gasteiger charge is -2.09. The van der Waals surface area contributed by atoms with E-state index in [-0.39, 0.29) is 5.82 Å². The first kappa shape index (κ1) is 22.3. The number of benzene rings is 2. The molecule has 0 amide bonds. The first-order valence-corrected chi connectivity index (χ1v) is 11.3. The third-order valence-electron chi connectivity index (χ3n) is 5.68. The number of ether oxygens (including phenoxy) is 2. The van der Waals surface area contributed by atoms with E-state index < -0.39 is 0 Å². The Labute approximate surface area is 203 Å². The molecular formula is C29H24FN3O2. The predicted molar refractivity (Wildman–Crippen MR) is 138 cm³/mol. The number of rotatable bonds is 8. The number of nitrogens with one attached hydrogen (secondary N) is 1. The van der Waals surface area contributed by atoms with Crippen molar-refractivity contribution in [3.05, 3.63) is 113 Å². The lowest BCUT2D eigenvalue weighted by atomic mass is 10.1. The van der Waals surface area contributed by atoms with Gasteiger partial charge in [-0.1, -0.05) is 18.2 Å². The van der Waals surface area contributed by atoms with E-state index in [9.17, 15) is 4.39 Å². The molecule has 1 aliphatic rings. The Balaban J connectivity index is 1.24. The van der Waals surface area contributed by atoms with Crippen LogP contribution in [0.3, 0.4) is 0 Å². The number of nitrogens with zero attached hydrogens (tertiary/aromatic N) is 2. The molecule has 5 rings (SSSR count). The molecule has 0 saturated carbocycles. The van der Waals surface area contributed by atoms with Gasteiger partial charge in [-0.25, -0.2) is 4.39 Å². The van der Waals surface area contributed by atoms with Crippen LogP contribution in [0.15, 0.2) is 95.8 Å². The van der Waals surface area contributed by atoms with Gasteiger partial charge in [0.05, 0.1) is 25.1 Å². The van der Waals surface area contributed by atoms with Gasteiger partial charge in [0.15, 0.2) is 0 Å². The van der Waals surface area contributed by atoms with E-state index in [1.54, 1.807) is 25.4 Å². The number of H-pyrrole nitrogens is 1. The molecule has 35 heavy (non-hydrogen) atoms. The van der Waals surface area contributed by atoms with Gasteiger partial charge in [-0.05, 0) is 71.8 Å². The molecule has 2 aromatic carbocycles. The number of aliphatic imine (C=N–C) groups is 1. The molecule has 0 bridgehead atoms. The monoisotopic (exact) mass is 465 g/mol. The number of hydrogen-bond donors (Lipinski definition) is 1. The topological polar surface area (TPSA) is 59.5 Å². The molecule has 0 saturated heterocycles. The van der Waals surface area contributed by atoms with Crippen LogP contribution in [0.2, 0.25) is 0 Å². The summed E-state index contributed by atoms with van der Waals surface area (Å²) in [5.41, 5.74) is 5.61. The van der Waals surface area contributed by atoms with Crippen molar-refractivity contribution < 1.29 is 13.9 Å². The van der Waals surface area contributed by atoms with E-state index in [4.69, 9.17) is 9.47 Å². The van der Waals surface area contributed by atoms with Gasteiger partial charge in [0.25, 0.3) is 0 Å². The van der Waals surface area contributed by atoms with Crippen LogP contribution in [0, 0.1) is 5.82 Å². The smallest absolute Gasteiger partial charge is 0.130 e. The Hall–Kier alpha value is -4.45. The minimum Gasteiger partial charge on any atom is -0.496 e. The van der Waals surface area contributed by atoms with E-state index in [1.165, 1.54) is 6.07 Å². The maximum atomic E-state index is 13.6. The minimum atomic E-state index is -0.245. The van der Waals surface area contributed by atoms with Crippen LogP contribution in [0.1, 0.15) is 16.8 Å². The highest BCUT2D eigenvalue weighted by Crippen LogP contribution is 2.27. The fraction of sp³-hybridized carbons (Fsp3) is 0.103.